The molecule has 4 nitrogen and oxygen atoms in total. The van der Waals surface area contributed by atoms with Gasteiger partial charge in [-0.25, -0.2) is 9.44 Å². The average molecular weight is 332 g/mol. The standard InChI is InChI=1S/C18H24N2O2S/c1-2-13-19-23(21,22)20-15-18(17-11-7-4-8-12-17)14-16-9-5-3-6-10-16/h3-12,18-20H,2,13-15H2,1H3. The second-order valence-corrected chi connectivity index (χ2v) is 7.13. The lowest BCUT2D eigenvalue weighted by Crippen LogP contribution is -2.39. The fraction of sp³-hybridized carbons (Fsp3) is 0.333. The number of hydrogen-bond acceptors (Lipinski definition) is 2. The molecule has 0 saturated heterocycles. The minimum absolute atomic E-state index is 0.0943. The maximum Gasteiger partial charge on any atom is 0.276 e. The van der Waals surface area contributed by atoms with Gasteiger partial charge in [0.05, 0.1) is 0 Å². The SMILES string of the molecule is CCCNS(=O)(=O)NCC(Cc1ccccc1)c1ccccc1. The van der Waals surface area contributed by atoms with Crippen molar-refractivity contribution < 1.29 is 8.42 Å². The zero-order valence-electron chi connectivity index (χ0n) is 13.4. The van der Waals surface area contributed by atoms with Gasteiger partial charge in [0, 0.05) is 19.0 Å². The Kier molecular flexibility index (Phi) is 6.77. The van der Waals surface area contributed by atoms with Crippen molar-refractivity contribution in [3.05, 3.63) is 71.8 Å². The molecule has 23 heavy (non-hydrogen) atoms. The number of rotatable bonds is 9. The molecular formula is C18H24N2O2S. The van der Waals surface area contributed by atoms with Gasteiger partial charge in [-0.1, -0.05) is 67.6 Å². The van der Waals surface area contributed by atoms with Crippen LogP contribution in [0, 0.1) is 0 Å². The van der Waals surface area contributed by atoms with E-state index in [9.17, 15) is 8.42 Å². The predicted octanol–water partition coefficient (Wildman–Crippen LogP) is 2.85. The monoisotopic (exact) mass is 332 g/mol. The normalized spacial score (nSPS) is 12.9. The third-order valence-corrected chi connectivity index (χ3v) is 4.79. The first-order valence-corrected chi connectivity index (χ1v) is 9.42. The van der Waals surface area contributed by atoms with Crippen molar-refractivity contribution in [2.45, 2.75) is 25.7 Å². The summed E-state index contributed by atoms with van der Waals surface area (Å²) >= 11 is 0. The Labute approximate surface area is 139 Å². The maximum absolute atomic E-state index is 12.0. The Bertz CT molecular complexity index is 673. The first-order chi connectivity index (χ1) is 11.1. The quantitative estimate of drug-likeness (QED) is 0.742. The fourth-order valence-corrected chi connectivity index (χ4v) is 3.42. The number of hydrogen-bond donors (Lipinski definition) is 2. The molecule has 0 amide bonds. The smallest absolute Gasteiger partial charge is 0.202 e. The van der Waals surface area contributed by atoms with Crippen LogP contribution < -0.4 is 9.44 Å². The Hall–Kier alpha value is -1.69. The fourth-order valence-electron chi connectivity index (χ4n) is 2.43. The molecule has 124 valence electrons. The molecule has 0 aromatic heterocycles. The molecule has 0 aliphatic rings. The van der Waals surface area contributed by atoms with Crippen molar-refractivity contribution >= 4 is 10.2 Å². The Morgan fingerprint density at radius 1 is 0.913 bits per heavy atom. The van der Waals surface area contributed by atoms with Crippen LogP contribution in [0.1, 0.15) is 30.4 Å². The molecule has 0 heterocycles. The molecule has 5 heteroatoms. The summed E-state index contributed by atoms with van der Waals surface area (Å²) < 4.78 is 29.1. The average Bonchev–Trinajstić information content (AvgIpc) is 2.58. The summed E-state index contributed by atoms with van der Waals surface area (Å²) in [6, 6.07) is 20.2. The highest BCUT2D eigenvalue weighted by Crippen LogP contribution is 2.20. The molecule has 2 N–H and O–H groups in total. The Morgan fingerprint density at radius 2 is 1.52 bits per heavy atom. The van der Waals surface area contributed by atoms with E-state index < -0.39 is 10.2 Å². The van der Waals surface area contributed by atoms with Crippen LogP contribution in [0.4, 0.5) is 0 Å². The van der Waals surface area contributed by atoms with Crippen LogP contribution in [-0.4, -0.2) is 21.5 Å². The molecule has 2 rings (SSSR count). The van der Waals surface area contributed by atoms with Gasteiger partial charge in [0.1, 0.15) is 0 Å². The van der Waals surface area contributed by atoms with Gasteiger partial charge in [0.15, 0.2) is 0 Å². The molecule has 0 aliphatic carbocycles. The molecule has 1 atom stereocenters. The van der Waals surface area contributed by atoms with Crippen LogP contribution in [-0.2, 0) is 16.6 Å². The second-order valence-electron chi connectivity index (χ2n) is 5.54. The van der Waals surface area contributed by atoms with Gasteiger partial charge in [0.2, 0.25) is 0 Å². The predicted molar refractivity (Wildman–Crippen MR) is 94.5 cm³/mol. The van der Waals surface area contributed by atoms with Gasteiger partial charge in [-0.2, -0.15) is 8.42 Å². The van der Waals surface area contributed by atoms with Crippen LogP contribution >= 0.6 is 0 Å². The molecule has 0 saturated carbocycles. The molecule has 1 unspecified atom stereocenters. The number of nitrogens with one attached hydrogen (secondary N) is 2. The van der Waals surface area contributed by atoms with Crippen molar-refractivity contribution in [3.8, 4) is 0 Å². The van der Waals surface area contributed by atoms with E-state index >= 15 is 0 Å². The van der Waals surface area contributed by atoms with Crippen LogP contribution in [0.3, 0.4) is 0 Å². The van der Waals surface area contributed by atoms with Crippen LogP contribution in [0.5, 0.6) is 0 Å². The van der Waals surface area contributed by atoms with Gasteiger partial charge in [-0.15, -0.1) is 0 Å². The molecule has 0 aliphatic heterocycles. The van der Waals surface area contributed by atoms with Crippen molar-refractivity contribution in [2.75, 3.05) is 13.1 Å². The lowest BCUT2D eigenvalue weighted by molar-refractivity contribution is 0.554. The van der Waals surface area contributed by atoms with Crippen molar-refractivity contribution in [2.24, 2.45) is 0 Å². The summed E-state index contributed by atoms with van der Waals surface area (Å²) in [5.74, 6) is 0.0943. The van der Waals surface area contributed by atoms with E-state index in [1.165, 1.54) is 5.56 Å². The zero-order chi connectivity index (χ0) is 16.5. The highest BCUT2D eigenvalue weighted by Gasteiger charge is 2.16. The first kappa shape index (κ1) is 17.7. The maximum atomic E-state index is 12.0. The lowest BCUT2D eigenvalue weighted by Gasteiger charge is -2.18. The summed E-state index contributed by atoms with van der Waals surface area (Å²) in [4.78, 5) is 0. The minimum atomic E-state index is -3.44. The van der Waals surface area contributed by atoms with Gasteiger partial charge in [0.25, 0.3) is 10.2 Å². The Morgan fingerprint density at radius 3 is 2.13 bits per heavy atom. The van der Waals surface area contributed by atoms with E-state index in [-0.39, 0.29) is 5.92 Å². The van der Waals surface area contributed by atoms with Crippen molar-refractivity contribution in [1.29, 1.82) is 0 Å². The molecule has 2 aromatic rings. The molecular weight excluding hydrogens is 308 g/mol. The van der Waals surface area contributed by atoms with E-state index in [1.807, 2.05) is 55.5 Å². The highest BCUT2D eigenvalue weighted by atomic mass is 32.2. The Balaban J connectivity index is 2.08. The van der Waals surface area contributed by atoms with E-state index in [0.29, 0.717) is 13.1 Å². The molecule has 0 radical (unpaired) electrons. The topological polar surface area (TPSA) is 58.2 Å². The largest absolute Gasteiger partial charge is 0.276 e. The van der Waals surface area contributed by atoms with Crippen LogP contribution in [0.15, 0.2) is 60.7 Å². The van der Waals surface area contributed by atoms with Crippen LogP contribution in [0.2, 0.25) is 0 Å². The van der Waals surface area contributed by atoms with E-state index in [2.05, 4.69) is 21.6 Å². The molecule has 0 fully saturated rings. The second kappa shape index (κ2) is 8.82. The van der Waals surface area contributed by atoms with Gasteiger partial charge < -0.3 is 0 Å². The molecule has 0 spiro atoms. The van der Waals surface area contributed by atoms with Crippen LogP contribution in [0.25, 0.3) is 0 Å². The summed E-state index contributed by atoms with van der Waals surface area (Å²) in [6.45, 7) is 2.76. The summed E-state index contributed by atoms with van der Waals surface area (Å²) in [5.41, 5.74) is 2.33. The summed E-state index contributed by atoms with van der Waals surface area (Å²) in [7, 11) is -3.44. The van der Waals surface area contributed by atoms with Gasteiger partial charge in [-0.3, -0.25) is 0 Å². The summed E-state index contributed by atoms with van der Waals surface area (Å²) in [6.07, 6.45) is 1.56. The van der Waals surface area contributed by atoms with Gasteiger partial charge >= 0.3 is 0 Å². The third-order valence-electron chi connectivity index (χ3n) is 3.66. The first-order valence-electron chi connectivity index (χ1n) is 7.94. The van der Waals surface area contributed by atoms with E-state index in [0.717, 1.165) is 18.4 Å². The van der Waals surface area contributed by atoms with Crippen molar-refractivity contribution in [3.63, 3.8) is 0 Å². The molecule has 0 bridgehead atoms. The number of benzene rings is 2. The minimum Gasteiger partial charge on any atom is -0.202 e. The van der Waals surface area contributed by atoms with Gasteiger partial charge in [-0.05, 0) is 24.0 Å². The summed E-state index contributed by atoms with van der Waals surface area (Å²) in [5, 5.41) is 0. The highest BCUT2D eigenvalue weighted by molar-refractivity contribution is 7.87. The lowest BCUT2D eigenvalue weighted by atomic mass is 9.92. The zero-order valence-corrected chi connectivity index (χ0v) is 14.2. The van der Waals surface area contributed by atoms with E-state index in [1.54, 1.807) is 0 Å². The molecule has 2 aromatic carbocycles. The van der Waals surface area contributed by atoms with Crippen molar-refractivity contribution in [1.82, 2.24) is 9.44 Å². The van der Waals surface area contributed by atoms with E-state index in [4.69, 9.17) is 0 Å². The third kappa shape index (κ3) is 6.14.